The Balaban J connectivity index is 2.27. The Hall–Kier alpha value is -2.71. The first-order chi connectivity index (χ1) is 14.6. The first kappa shape index (κ1) is 23.0. The van der Waals surface area contributed by atoms with Crippen LogP contribution in [0, 0.1) is 0 Å². The van der Waals surface area contributed by atoms with Crippen molar-refractivity contribution in [2.24, 2.45) is 0 Å². The van der Waals surface area contributed by atoms with E-state index in [2.05, 4.69) is 21.2 Å². The lowest BCUT2D eigenvalue weighted by atomic mass is 9.84. The van der Waals surface area contributed by atoms with E-state index in [1.165, 1.54) is 11.8 Å². The molecule has 3 rings (SSSR count). The molecule has 2 atom stereocenters. The number of ketones is 1. The maximum atomic E-state index is 13.8. The molecule has 2 aromatic carbocycles. The Morgan fingerprint density at radius 3 is 2.52 bits per heavy atom. The highest BCUT2D eigenvalue weighted by atomic mass is 79.9. The number of nitrogens with zero attached hydrogens (tertiary/aromatic N) is 1. The fraction of sp³-hybridized carbons (Fsp3) is 0.348. The highest BCUT2D eigenvalue weighted by Gasteiger charge is 2.59. The molecule has 0 bridgehead atoms. The number of benzene rings is 2. The van der Waals surface area contributed by atoms with Crippen LogP contribution in [0.15, 0.2) is 46.9 Å². The number of carbonyl (C=O) groups is 3. The van der Waals surface area contributed by atoms with Crippen LogP contribution in [0.5, 0.6) is 0 Å². The Bertz CT molecular complexity index is 1040. The largest absolute Gasteiger partial charge is 0.464 e. The van der Waals surface area contributed by atoms with Gasteiger partial charge >= 0.3 is 5.97 Å². The van der Waals surface area contributed by atoms with E-state index in [-0.39, 0.29) is 18.4 Å². The Morgan fingerprint density at radius 1 is 1.23 bits per heavy atom. The molecule has 1 aliphatic heterocycles. The number of Topliss-reactive ketones (excluding diaryl/α,β-unsaturated/α-hetero) is 1. The number of hydrogen-bond acceptors (Lipinski definition) is 6. The van der Waals surface area contributed by atoms with Crippen molar-refractivity contribution < 1.29 is 24.2 Å². The quantitative estimate of drug-likeness (QED) is 0.456. The Labute approximate surface area is 189 Å². The number of esters is 1. The van der Waals surface area contributed by atoms with Gasteiger partial charge < -0.3 is 20.1 Å². The summed E-state index contributed by atoms with van der Waals surface area (Å²) in [5.74, 6) is -1.66. The Kier molecular flexibility index (Phi) is 6.52. The predicted octanol–water partition coefficient (Wildman–Crippen LogP) is 3.64. The minimum atomic E-state index is -1.86. The monoisotopic (exact) mass is 488 g/mol. The van der Waals surface area contributed by atoms with Crippen molar-refractivity contribution in [2.45, 2.75) is 45.4 Å². The normalized spacial score (nSPS) is 18.7. The Morgan fingerprint density at radius 2 is 1.90 bits per heavy atom. The fourth-order valence-electron chi connectivity index (χ4n) is 3.93. The van der Waals surface area contributed by atoms with Gasteiger partial charge in [0.15, 0.2) is 17.4 Å². The fourth-order valence-corrected chi connectivity index (χ4v) is 4.29. The molecule has 0 unspecified atom stereocenters. The number of amides is 1. The second kappa shape index (κ2) is 8.80. The number of nitrogens with one attached hydrogen (secondary N) is 1. The molecule has 1 amide bonds. The average Bonchev–Trinajstić information content (AvgIpc) is 2.97. The molecule has 1 heterocycles. The van der Waals surface area contributed by atoms with E-state index in [0.717, 1.165) is 0 Å². The number of para-hydroxylation sites is 1. The zero-order chi connectivity index (χ0) is 22.9. The second-order valence-corrected chi connectivity index (χ2v) is 8.54. The van der Waals surface area contributed by atoms with Gasteiger partial charge in [0.05, 0.1) is 12.3 Å². The smallest absolute Gasteiger partial charge is 0.338 e. The molecule has 31 heavy (non-hydrogen) atoms. The summed E-state index contributed by atoms with van der Waals surface area (Å²) >= 11 is 3.35. The van der Waals surface area contributed by atoms with Crippen LogP contribution in [-0.4, -0.2) is 41.5 Å². The number of hydrogen-bond donors (Lipinski definition) is 2. The van der Waals surface area contributed by atoms with Crippen molar-refractivity contribution in [3.05, 3.63) is 58.1 Å². The average molecular weight is 489 g/mol. The van der Waals surface area contributed by atoms with Gasteiger partial charge in [-0.05, 0) is 52.0 Å². The van der Waals surface area contributed by atoms with Crippen molar-refractivity contribution in [3.63, 3.8) is 0 Å². The lowest BCUT2D eigenvalue weighted by Gasteiger charge is -2.35. The minimum absolute atomic E-state index is 0.0483. The van der Waals surface area contributed by atoms with Crippen LogP contribution in [0.1, 0.15) is 43.6 Å². The van der Waals surface area contributed by atoms with E-state index < -0.39 is 23.5 Å². The van der Waals surface area contributed by atoms with Gasteiger partial charge in [-0.15, -0.1) is 0 Å². The van der Waals surface area contributed by atoms with Crippen LogP contribution in [0.25, 0.3) is 0 Å². The molecule has 8 heteroatoms. The molecule has 0 aliphatic carbocycles. The van der Waals surface area contributed by atoms with Gasteiger partial charge in [-0.25, -0.2) is 4.79 Å². The van der Waals surface area contributed by atoms with Crippen molar-refractivity contribution in [1.82, 2.24) is 0 Å². The number of anilines is 2. The van der Waals surface area contributed by atoms with E-state index in [0.29, 0.717) is 27.0 Å². The molecule has 0 fully saturated rings. The van der Waals surface area contributed by atoms with Crippen LogP contribution in [0.2, 0.25) is 0 Å². The topological polar surface area (TPSA) is 95.9 Å². The number of aliphatic hydroxyl groups excluding tert-OH is 1. The zero-order valence-electron chi connectivity index (χ0n) is 17.8. The molecular weight excluding hydrogens is 464 g/mol. The zero-order valence-corrected chi connectivity index (χ0v) is 19.4. The molecule has 0 aromatic heterocycles. The van der Waals surface area contributed by atoms with Crippen LogP contribution in [0.3, 0.4) is 0 Å². The second-order valence-electron chi connectivity index (χ2n) is 7.62. The molecular formula is C23H25BrN2O5. The summed E-state index contributed by atoms with van der Waals surface area (Å²) in [7, 11) is 0. The van der Waals surface area contributed by atoms with Crippen LogP contribution in [-0.2, 0) is 19.9 Å². The predicted molar refractivity (Wildman–Crippen MR) is 121 cm³/mol. The maximum absolute atomic E-state index is 13.8. The summed E-state index contributed by atoms with van der Waals surface area (Å²) in [5.41, 5.74) is -0.192. The minimum Gasteiger partial charge on any atom is -0.464 e. The van der Waals surface area contributed by atoms with Crippen molar-refractivity contribution in [3.8, 4) is 0 Å². The molecule has 164 valence electrons. The third-order valence-electron chi connectivity index (χ3n) is 5.27. The summed E-state index contributed by atoms with van der Waals surface area (Å²) in [6, 6.07) is 11.7. The number of aliphatic hydroxyl groups is 1. The number of carbonyl (C=O) groups excluding carboxylic acids is 3. The van der Waals surface area contributed by atoms with Crippen molar-refractivity contribution in [1.29, 1.82) is 0 Å². The van der Waals surface area contributed by atoms with Gasteiger partial charge in [-0.1, -0.05) is 34.1 Å². The number of fused-ring (bicyclic) bond motifs is 1. The van der Waals surface area contributed by atoms with Crippen LogP contribution < -0.4 is 10.2 Å². The highest BCUT2D eigenvalue weighted by molar-refractivity contribution is 9.10. The third-order valence-corrected chi connectivity index (χ3v) is 5.77. The van der Waals surface area contributed by atoms with Gasteiger partial charge in [0, 0.05) is 27.3 Å². The lowest BCUT2D eigenvalue weighted by molar-refractivity contribution is -0.159. The molecule has 0 spiro atoms. The summed E-state index contributed by atoms with van der Waals surface area (Å²) in [6.45, 7) is 6.78. The molecule has 7 nitrogen and oxygen atoms in total. The maximum Gasteiger partial charge on any atom is 0.338 e. The van der Waals surface area contributed by atoms with E-state index in [4.69, 9.17) is 4.74 Å². The summed E-state index contributed by atoms with van der Waals surface area (Å²) in [6.07, 6.45) is -1.84. The summed E-state index contributed by atoms with van der Waals surface area (Å²) in [5, 5.41) is 14.3. The van der Waals surface area contributed by atoms with Crippen molar-refractivity contribution >= 4 is 45.0 Å². The van der Waals surface area contributed by atoms with Gasteiger partial charge in [0.1, 0.15) is 0 Å². The first-order valence-corrected chi connectivity index (χ1v) is 10.8. The van der Waals surface area contributed by atoms with Crippen molar-refractivity contribution in [2.75, 3.05) is 16.8 Å². The number of rotatable bonds is 7. The molecule has 2 N–H and O–H groups in total. The first-order valence-electron chi connectivity index (χ1n) is 10.0. The van der Waals surface area contributed by atoms with E-state index in [9.17, 15) is 19.5 Å². The van der Waals surface area contributed by atoms with E-state index in [1.807, 2.05) is 13.8 Å². The van der Waals surface area contributed by atoms with Gasteiger partial charge in [-0.2, -0.15) is 0 Å². The molecule has 0 saturated heterocycles. The summed E-state index contributed by atoms with van der Waals surface area (Å²) in [4.78, 5) is 40.3. The SMILES string of the molecule is CCOC(=O)[C@@H](O)[C@]1(Nc2ccc(Br)cc2C(C)=O)C(=O)N(C(C)C)c2ccccc21. The van der Waals surface area contributed by atoms with Crippen LogP contribution in [0.4, 0.5) is 11.4 Å². The van der Waals surface area contributed by atoms with Gasteiger partial charge in [0.2, 0.25) is 0 Å². The molecule has 0 radical (unpaired) electrons. The van der Waals surface area contributed by atoms with E-state index in [1.54, 1.807) is 49.4 Å². The number of halogens is 1. The van der Waals surface area contributed by atoms with Crippen LogP contribution >= 0.6 is 15.9 Å². The van der Waals surface area contributed by atoms with Gasteiger partial charge in [-0.3, -0.25) is 9.59 Å². The lowest BCUT2D eigenvalue weighted by Crippen LogP contribution is -2.58. The number of ether oxygens (including phenoxy) is 1. The van der Waals surface area contributed by atoms with E-state index >= 15 is 0 Å². The summed E-state index contributed by atoms with van der Waals surface area (Å²) < 4.78 is 5.75. The molecule has 0 saturated carbocycles. The molecule has 1 aliphatic rings. The third kappa shape index (κ3) is 3.85. The van der Waals surface area contributed by atoms with Gasteiger partial charge in [0.25, 0.3) is 5.91 Å². The standard InChI is InChI=1S/C23H25BrN2O5/c1-5-31-21(29)20(28)23(25-18-11-10-15(24)12-16(18)14(4)27)17-8-6-7-9-19(17)26(13(2)3)22(23)30/h6-13,20,25,28H,5H2,1-4H3/t20-,23+/m1/s1. The molecule has 2 aromatic rings. The highest BCUT2D eigenvalue weighted by Crippen LogP contribution is 2.46.